The number of carbonyl (C=O) groups is 1. The first-order chi connectivity index (χ1) is 8.32. The third kappa shape index (κ3) is 3.50. The molecule has 1 N–H and O–H groups in total. The Morgan fingerprint density at radius 2 is 1.89 bits per heavy atom. The first-order valence-electron chi connectivity index (χ1n) is 5.75. The molecule has 2 unspecified atom stereocenters. The first-order valence-corrected chi connectivity index (χ1v) is 5.75. The Bertz CT molecular complexity index is 435. The van der Waals surface area contributed by atoms with Gasteiger partial charge in [-0.05, 0) is 32.0 Å². The SMILES string of the molecule is CC(NC(C)c1cc(F)ccc1F)C(=O)N(C)C. The van der Waals surface area contributed by atoms with E-state index in [2.05, 4.69) is 5.32 Å². The molecule has 1 amide bonds. The van der Waals surface area contributed by atoms with E-state index in [1.54, 1.807) is 27.9 Å². The van der Waals surface area contributed by atoms with Gasteiger partial charge in [-0.15, -0.1) is 0 Å². The van der Waals surface area contributed by atoms with Crippen molar-refractivity contribution in [2.75, 3.05) is 14.1 Å². The maximum absolute atomic E-state index is 13.5. The zero-order chi connectivity index (χ0) is 13.9. The van der Waals surface area contributed by atoms with Crippen molar-refractivity contribution >= 4 is 5.91 Å². The van der Waals surface area contributed by atoms with Gasteiger partial charge in [0.1, 0.15) is 11.6 Å². The van der Waals surface area contributed by atoms with E-state index < -0.39 is 23.7 Å². The summed E-state index contributed by atoms with van der Waals surface area (Å²) in [4.78, 5) is 13.1. The summed E-state index contributed by atoms with van der Waals surface area (Å²) in [7, 11) is 3.29. The quantitative estimate of drug-likeness (QED) is 0.894. The van der Waals surface area contributed by atoms with E-state index in [1.807, 2.05) is 0 Å². The standard InChI is InChI=1S/C13H18F2N2O/c1-8(16-9(2)13(18)17(3)4)11-7-10(14)5-6-12(11)15/h5-9,16H,1-4H3. The lowest BCUT2D eigenvalue weighted by Gasteiger charge is -2.22. The van der Waals surface area contributed by atoms with Crippen LogP contribution in [0.1, 0.15) is 25.5 Å². The van der Waals surface area contributed by atoms with Crippen LogP contribution in [0.15, 0.2) is 18.2 Å². The van der Waals surface area contributed by atoms with Crippen LogP contribution in [0.25, 0.3) is 0 Å². The van der Waals surface area contributed by atoms with Gasteiger partial charge in [0.05, 0.1) is 6.04 Å². The number of halogens is 2. The highest BCUT2D eigenvalue weighted by molar-refractivity contribution is 5.80. The Morgan fingerprint density at radius 1 is 1.28 bits per heavy atom. The average Bonchev–Trinajstić information content (AvgIpc) is 2.30. The van der Waals surface area contributed by atoms with Gasteiger partial charge >= 0.3 is 0 Å². The van der Waals surface area contributed by atoms with Crippen LogP contribution in [-0.4, -0.2) is 30.9 Å². The largest absolute Gasteiger partial charge is 0.347 e. The second-order valence-electron chi connectivity index (χ2n) is 4.51. The molecule has 0 fully saturated rings. The molecule has 2 atom stereocenters. The predicted octanol–water partition coefficient (Wildman–Crippen LogP) is 2.09. The number of nitrogens with zero attached hydrogens (tertiary/aromatic N) is 1. The van der Waals surface area contributed by atoms with Crippen LogP contribution in [0.2, 0.25) is 0 Å². The maximum Gasteiger partial charge on any atom is 0.238 e. The lowest BCUT2D eigenvalue weighted by Crippen LogP contribution is -2.42. The van der Waals surface area contributed by atoms with E-state index in [0.717, 1.165) is 18.2 Å². The number of amides is 1. The molecule has 1 rings (SSSR count). The summed E-state index contributed by atoms with van der Waals surface area (Å²) >= 11 is 0. The van der Waals surface area contributed by atoms with Gasteiger partial charge < -0.3 is 4.90 Å². The number of carbonyl (C=O) groups excluding carboxylic acids is 1. The van der Waals surface area contributed by atoms with E-state index in [1.165, 1.54) is 4.90 Å². The van der Waals surface area contributed by atoms with E-state index in [-0.39, 0.29) is 11.5 Å². The topological polar surface area (TPSA) is 32.3 Å². The summed E-state index contributed by atoms with van der Waals surface area (Å²) in [6, 6.07) is 2.39. The van der Waals surface area contributed by atoms with Gasteiger partial charge in [0, 0.05) is 25.7 Å². The first kappa shape index (κ1) is 14.6. The van der Waals surface area contributed by atoms with Crippen molar-refractivity contribution in [1.82, 2.24) is 10.2 Å². The molecule has 5 heteroatoms. The molecule has 18 heavy (non-hydrogen) atoms. The molecule has 0 aliphatic heterocycles. The number of benzene rings is 1. The number of likely N-dealkylation sites (N-methyl/N-ethyl adjacent to an activating group) is 1. The summed E-state index contributed by atoms with van der Waals surface area (Å²) in [5, 5.41) is 2.95. The third-order valence-corrected chi connectivity index (χ3v) is 2.74. The molecule has 0 bridgehead atoms. The van der Waals surface area contributed by atoms with Crippen molar-refractivity contribution in [2.45, 2.75) is 25.9 Å². The van der Waals surface area contributed by atoms with Crippen molar-refractivity contribution < 1.29 is 13.6 Å². The van der Waals surface area contributed by atoms with Crippen molar-refractivity contribution in [1.29, 1.82) is 0 Å². The Morgan fingerprint density at radius 3 is 2.44 bits per heavy atom. The minimum absolute atomic E-state index is 0.112. The smallest absolute Gasteiger partial charge is 0.238 e. The van der Waals surface area contributed by atoms with E-state index in [9.17, 15) is 13.6 Å². The van der Waals surface area contributed by atoms with Crippen LogP contribution in [0.4, 0.5) is 8.78 Å². The summed E-state index contributed by atoms with van der Waals surface area (Å²) in [5.74, 6) is -1.09. The Hall–Kier alpha value is -1.49. The van der Waals surface area contributed by atoms with Crippen LogP contribution in [0.3, 0.4) is 0 Å². The fraction of sp³-hybridized carbons (Fsp3) is 0.462. The minimum Gasteiger partial charge on any atom is -0.347 e. The average molecular weight is 256 g/mol. The van der Waals surface area contributed by atoms with E-state index >= 15 is 0 Å². The number of rotatable bonds is 4. The fourth-order valence-electron chi connectivity index (χ4n) is 1.77. The zero-order valence-electron chi connectivity index (χ0n) is 11.0. The molecule has 0 aliphatic carbocycles. The molecule has 1 aromatic carbocycles. The minimum atomic E-state index is -0.494. The van der Waals surface area contributed by atoms with Gasteiger partial charge in [-0.2, -0.15) is 0 Å². The third-order valence-electron chi connectivity index (χ3n) is 2.74. The molecule has 0 heterocycles. The van der Waals surface area contributed by atoms with Crippen molar-refractivity contribution in [2.24, 2.45) is 0 Å². The van der Waals surface area contributed by atoms with E-state index in [0.29, 0.717) is 0 Å². The van der Waals surface area contributed by atoms with Crippen LogP contribution in [0.5, 0.6) is 0 Å². The van der Waals surface area contributed by atoms with Crippen molar-refractivity contribution in [3.05, 3.63) is 35.4 Å². The molecule has 1 aromatic rings. The van der Waals surface area contributed by atoms with Gasteiger partial charge in [-0.1, -0.05) is 0 Å². The molecule has 0 spiro atoms. The van der Waals surface area contributed by atoms with Crippen LogP contribution >= 0.6 is 0 Å². The molecule has 0 saturated carbocycles. The van der Waals surface area contributed by atoms with Crippen LogP contribution < -0.4 is 5.32 Å². The summed E-state index contributed by atoms with van der Waals surface area (Å²) < 4.78 is 26.6. The molecule has 100 valence electrons. The fourth-order valence-corrected chi connectivity index (χ4v) is 1.77. The molecule has 0 radical (unpaired) electrons. The number of hydrogen-bond acceptors (Lipinski definition) is 2. The van der Waals surface area contributed by atoms with Crippen molar-refractivity contribution in [3.63, 3.8) is 0 Å². The maximum atomic E-state index is 13.5. The molecule has 0 aromatic heterocycles. The van der Waals surface area contributed by atoms with Crippen molar-refractivity contribution in [3.8, 4) is 0 Å². The Balaban J connectivity index is 2.79. The normalized spacial score (nSPS) is 14.1. The molecule has 0 aliphatic rings. The lowest BCUT2D eigenvalue weighted by atomic mass is 10.1. The Kier molecular flexibility index (Phi) is 4.78. The predicted molar refractivity (Wildman–Crippen MR) is 66.1 cm³/mol. The summed E-state index contributed by atoms with van der Waals surface area (Å²) in [6.07, 6.45) is 0. The number of nitrogens with one attached hydrogen (secondary N) is 1. The van der Waals surface area contributed by atoms with Gasteiger partial charge in [0.25, 0.3) is 0 Å². The van der Waals surface area contributed by atoms with Gasteiger partial charge in [0.15, 0.2) is 0 Å². The van der Waals surface area contributed by atoms with Gasteiger partial charge in [-0.25, -0.2) is 8.78 Å². The number of hydrogen-bond donors (Lipinski definition) is 1. The highest BCUT2D eigenvalue weighted by Crippen LogP contribution is 2.18. The molecular formula is C13H18F2N2O. The van der Waals surface area contributed by atoms with Gasteiger partial charge in [-0.3, -0.25) is 10.1 Å². The lowest BCUT2D eigenvalue weighted by molar-refractivity contribution is -0.130. The van der Waals surface area contributed by atoms with E-state index in [4.69, 9.17) is 0 Å². The highest BCUT2D eigenvalue weighted by atomic mass is 19.1. The molecule has 3 nitrogen and oxygen atoms in total. The second kappa shape index (κ2) is 5.91. The summed E-state index contributed by atoms with van der Waals surface area (Å²) in [5.41, 5.74) is 0.216. The van der Waals surface area contributed by atoms with Crippen LogP contribution in [-0.2, 0) is 4.79 Å². The van der Waals surface area contributed by atoms with Gasteiger partial charge in [0.2, 0.25) is 5.91 Å². The zero-order valence-corrected chi connectivity index (χ0v) is 11.0. The summed E-state index contributed by atoms with van der Waals surface area (Å²) in [6.45, 7) is 3.38. The highest BCUT2D eigenvalue weighted by Gasteiger charge is 2.19. The molecule has 0 saturated heterocycles. The monoisotopic (exact) mass is 256 g/mol. The molecular weight excluding hydrogens is 238 g/mol. The van der Waals surface area contributed by atoms with Crippen LogP contribution in [0, 0.1) is 11.6 Å². The second-order valence-corrected chi connectivity index (χ2v) is 4.51. The Labute approximate surface area is 106 Å².